The number of benzene rings is 1. The van der Waals surface area contributed by atoms with Crippen LogP contribution in [0.25, 0.3) is 10.9 Å². The molecule has 6 nitrogen and oxygen atoms in total. The van der Waals surface area contributed by atoms with Crippen LogP contribution in [0, 0.1) is 11.3 Å². The van der Waals surface area contributed by atoms with Crippen molar-refractivity contribution in [3.63, 3.8) is 0 Å². The van der Waals surface area contributed by atoms with Crippen LogP contribution in [0.4, 0.5) is 11.8 Å². The van der Waals surface area contributed by atoms with Gasteiger partial charge in [-0.05, 0) is 32.1 Å². The Bertz CT molecular complexity index is 753. The van der Waals surface area contributed by atoms with Gasteiger partial charge in [0.25, 0.3) is 0 Å². The Morgan fingerprint density at radius 1 is 1.29 bits per heavy atom. The molecule has 1 atom stereocenters. The summed E-state index contributed by atoms with van der Waals surface area (Å²) in [4.78, 5) is 16.2. The van der Waals surface area contributed by atoms with Crippen LogP contribution >= 0.6 is 0 Å². The minimum absolute atomic E-state index is 0.438. The Hall–Kier alpha value is -2.39. The number of nitrogens with zero attached hydrogens (tertiary/aromatic N) is 6. The Kier molecular flexibility index (Phi) is 4.81. The summed E-state index contributed by atoms with van der Waals surface area (Å²) >= 11 is 0. The average molecular weight is 324 g/mol. The normalized spacial score (nSPS) is 17.8. The largest absolute Gasteiger partial charge is 0.358 e. The zero-order chi connectivity index (χ0) is 17.1. The van der Waals surface area contributed by atoms with Crippen molar-refractivity contribution in [1.29, 1.82) is 5.26 Å². The van der Waals surface area contributed by atoms with Crippen LogP contribution in [0.15, 0.2) is 24.3 Å². The topological polar surface area (TPSA) is 59.3 Å². The van der Waals surface area contributed by atoms with Gasteiger partial charge >= 0.3 is 0 Å². The summed E-state index contributed by atoms with van der Waals surface area (Å²) in [6.45, 7) is 2.80. The fraction of sp³-hybridized carbons (Fsp3) is 0.500. The molecule has 126 valence electrons. The Labute approximate surface area is 143 Å². The molecule has 6 heteroatoms. The highest BCUT2D eigenvalue weighted by molar-refractivity contribution is 5.90. The number of fused-ring (bicyclic) bond motifs is 1. The third-order valence-corrected chi connectivity index (χ3v) is 4.72. The first kappa shape index (κ1) is 16.5. The summed E-state index contributed by atoms with van der Waals surface area (Å²) in [6, 6.07) is 10.7. The second-order valence-corrected chi connectivity index (χ2v) is 6.51. The summed E-state index contributed by atoms with van der Waals surface area (Å²) in [5.74, 6) is 1.65. The maximum absolute atomic E-state index is 8.86. The van der Waals surface area contributed by atoms with Gasteiger partial charge in [-0.25, -0.2) is 4.98 Å². The van der Waals surface area contributed by atoms with E-state index < -0.39 is 0 Å². The first-order valence-corrected chi connectivity index (χ1v) is 8.36. The van der Waals surface area contributed by atoms with Crippen LogP contribution in [-0.2, 0) is 0 Å². The van der Waals surface area contributed by atoms with Gasteiger partial charge in [-0.15, -0.1) is 0 Å². The molecule has 24 heavy (non-hydrogen) atoms. The lowest BCUT2D eigenvalue weighted by Crippen LogP contribution is -2.35. The zero-order valence-electron chi connectivity index (χ0n) is 14.6. The van der Waals surface area contributed by atoms with E-state index in [1.807, 2.05) is 36.2 Å². The van der Waals surface area contributed by atoms with Crippen molar-refractivity contribution in [2.45, 2.75) is 18.9 Å². The highest BCUT2D eigenvalue weighted by Gasteiger charge is 2.25. The van der Waals surface area contributed by atoms with Crippen molar-refractivity contribution in [3.05, 3.63) is 24.3 Å². The Morgan fingerprint density at radius 3 is 2.79 bits per heavy atom. The van der Waals surface area contributed by atoms with E-state index >= 15 is 0 Å². The van der Waals surface area contributed by atoms with Gasteiger partial charge in [0.2, 0.25) is 5.95 Å². The molecule has 0 aliphatic carbocycles. The van der Waals surface area contributed by atoms with Crippen molar-refractivity contribution in [2.75, 3.05) is 50.6 Å². The third-order valence-electron chi connectivity index (χ3n) is 4.72. The van der Waals surface area contributed by atoms with Gasteiger partial charge in [0, 0.05) is 38.6 Å². The van der Waals surface area contributed by atoms with E-state index in [0.717, 1.165) is 42.2 Å². The average Bonchev–Trinajstić information content (AvgIpc) is 3.04. The van der Waals surface area contributed by atoms with Crippen molar-refractivity contribution < 1.29 is 0 Å². The number of hydrogen-bond donors (Lipinski definition) is 0. The minimum atomic E-state index is 0.438. The lowest BCUT2D eigenvalue weighted by atomic mass is 10.2. The molecule has 1 aliphatic heterocycles. The summed E-state index contributed by atoms with van der Waals surface area (Å²) in [6.07, 6.45) is 1.61. The molecule has 0 bridgehead atoms. The molecule has 0 saturated carbocycles. The molecule has 0 radical (unpaired) electrons. The van der Waals surface area contributed by atoms with Crippen LogP contribution < -0.4 is 9.80 Å². The number of anilines is 2. The molecule has 1 aliphatic rings. The van der Waals surface area contributed by atoms with Crippen molar-refractivity contribution in [1.82, 2.24) is 14.9 Å². The molecule has 0 N–H and O–H groups in total. The van der Waals surface area contributed by atoms with Crippen molar-refractivity contribution >= 4 is 22.7 Å². The Balaban J connectivity index is 1.98. The second-order valence-electron chi connectivity index (χ2n) is 6.51. The lowest BCUT2D eigenvalue weighted by molar-refractivity contribution is 0.409. The SMILES string of the molecule is CN1CCC(N(C)c2nc(N(C)CCC#N)c3ccccc3n2)C1. The number of likely N-dealkylation sites (tertiary alicyclic amines) is 1. The van der Waals surface area contributed by atoms with Crippen LogP contribution in [0.5, 0.6) is 0 Å². The molecule has 3 rings (SSSR count). The zero-order valence-corrected chi connectivity index (χ0v) is 14.6. The van der Waals surface area contributed by atoms with Gasteiger partial charge in [0.15, 0.2) is 0 Å². The predicted octanol–water partition coefficient (Wildman–Crippen LogP) is 2.12. The van der Waals surface area contributed by atoms with Gasteiger partial charge in [0.05, 0.1) is 18.0 Å². The van der Waals surface area contributed by atoms with E-state index in [4.69, 9.17) is 15.2 Å². The van der Waals surface area contributed by atoms with Crippen molar-refractivity contribution in [3.8, 4) is 6.07 Å². The molecule has 1 aromatic heterocycles. The van der Waals surface area contributed by atoms with E-state index in [9.17, 15) is 0 Å². The predicted molar refractivity (Wildman–Crippen MR) is 97.3 cm³/mol. The maximum Gasteiger partial charge on any atom is 0.227 e. The lowest BCUT2D eigenvalue weighted by Gasteiger charge is -2.27. The van der Waals surface area contributed by atoms with Gasteiger partial charge in [0.1, 0.15) is 5.82 Å². The highest BCUT2D eigenvalue weighted by Crippen LogP contribution is 2.27. The molecule has 0 spiro atoms. The quantitative estimate of drug-likeness (QED) is 0.840. The summed E-state index contributed by atoms with van der Waals surface area (Å²) < 4.78 is 0. The Morgan fingerprint density at radius 2 is 2.08 bits per heavy atom. The van der Waals surface area contributed by atoms with E-state index in [1.54, 1.807) is 0 Å². The van der Waals surface area contributed by atoms with E-state index in [0.29, 0.717) is 19.0 Å². The van der Waals surface area contributed by atoms with Crippen LogP contribution in [0.3, 0.4) is 0 Å². The number of likely N-dealkylation sites (N-methyl/N-ethyl adjacent to an activating group) is 2. The number of hydrogen-bond acceptors (Lipinski definition) is 6. The van der Waals surface area contributed by atoms with E-state index in [1.165, 1.54) is 0 Å². The summed E-state index contributed by atoms with van der Waals surface area (Å²) in [7, 11) is 6.21. The smallest absolute Gasteiger partial charge is 0.227 e. The molecule has 1 aromatic carbocycles. The van der Waals surface area contributed by atoms with E-state index in [2.05, 4.69) is 30.0 Å². The van der Waals surface area contributed by atoms with Gasteiger partial charge in [-0.3, -0.25) is 0 Å². The number of rotatable bonds is 5. The van der Waals surface area contributed by atoms with E-state index in [-0.39, 0.29) is 0 Å². The molecular weight excluding hydrogens is 300 g/mol. The van der Waals surface area contributed by atoms with Gasteiger partial charge < -0.3 is 14.7 Å². The number of para-hydroxylation sites is 1. The molecule has 0 amide bonds. The molecule has 2 aromatic rings. The summed E-state index contributed by atoms with van der Waals surface area (Å²) in [5, 5.41) is 9.89. The monoisotopic (exact) mass is 324 g/mol. The summed E-state index contributed by atoms with van der Waals surface area (Å²) in [5.41, 5.74) is 0.944. The molecule has 1 fully saturated rings. The third kappa shape index (κ3) is 3.26. The second kappa shape index (κ2) is 7.02. The maximum atomic E-state index is 8.86. The standard InChI is InChI=1S/C18H24N6/c1-22-12-9-14(13-22)24(3)18-20-16-8-5-4-7-15(16)17(21-18)23(2)11-6-10-19/h4-5,7-8,14H,6,9,11-13H2,1-3H3. The first-order valence-electron chi connectivity index (χ1n) is 8.36. The van der Waals surface area contributed by atoms with Crippen LogP contribution in [0.1, 0.15) is 12.8 Å². The minimum Gasteiger partial charge on any atom is -0.358 e. The fourth-order valence-electron chi connectivity index (χ4n) is 3.21. The number of aromatic nitrogens is 2. The molecular formula is C18H24N6. The molecule has 1 saturated heterocycles. The van der Waals surface area contributed by atoms with Gasteiger partial charge in [-0.1, -0.05) is 12.1 Å². The fourth-order valence-corrected chi connectivity index (χ4v) is 3.21. The van der Waals surface area contributed by atoms with Crippen molar-refractivity contribution in [2.24, 2.45) is 0 Å². The first-order chi connectivity index (χ1) is 11.6. The van der Waals surface area contributed by atoms with Gasteiger partial charge in [-0.2, -0.15) is 10.2 Å². The van der Waals surface area contributed by atoms with Crippen LogP contribution in [-0.4, -0.2) is 61.7 Å². The van der Waals surface area contributed by atoms with Crippen LogP contribution in [0.2, 0.25) is 0 Å². The molecule has 1 unspecified atom stereocenters. The highest BCUT2D eigenvalue weighted by atomic mass is 15.3. The molecule has 2 heterocycles. The number of nitriles is 1.